The molecule has 1 saturated heterocycles. The van der Waals surface area contributed by atoms with Gasteiger partial charge >= 0.3 is 5.97 Å². The molecule has 3 heterocycles. The number of rotatable bonds is 3. The average Bonchev–Trinajstić information content (AvgIpc) is 3.27. The van der Waals surface area contributed by atoms with E-state index in [1.807, 2.05) is 13.0 Å². The molecule has 0 unspecified atom stereocenters. The van der Waals surface area contributed by atoms with E-state index in [2.05, 4.69) is 15.0 Å². The minimum atomic E-state index is -0.489. The molecule has 2 aromatic carbocycles. The van der Waals surface area contributed by atoms with Crippen LogP contribution >= 0.6 is 11.8 Å². The molecule has 1 amide bonds. The van der Waals surface area contributed by atoms with Crippen molar-refractivity contribution in [3.8, 4) is 5.75 Å². The molecular formula is C24H21N5O4S. The van der Waals surface area contributed by atoms with Gasteiger partial charge in [0.05, 0.1) is 24.4 Å². The van der Waals surface area contributed by atoms with E-state index in [0.29, 0.717) is 53.5 Å². The van der Waals surface area contributed by atoms with E-state index < -0.39 is 11.9 Å². The first-order valence-corrected chi connectivity index (χ1v) is 11.5. The number of hydrogen-bond donors (Lipinski definition) is 1. The van der Waals surface area contributed by atoms with Gasteiger partial charge in [-0.05, 0) is 54.6 Å². The van der Waals surface area contributed by atoms with Crippen molar-refractivity contribution >= 4 is 45.9 Å². The van der Waals surface area contributed by atoms with E-state index in [9.17, 15) is 9.59 Å². The molecule has 0 aliphatic carbocycles. The molecule has 0 spiro atoms. The van der Waals surface area contributed by atoms with Crippen LogP contribution in [-0.2, 0) is 9.53 Å². The molecule has 2 aromatic rings. The third kappa shape index (κ3) is 4.50. The third-order valence-electron chi connectivity index (χ3n) is 5.38. The molecule has 1 fully saturated rings. The van der Waals surface area contributed by atoms with E-state index in [4.69, 9.17) is 14.9 Å². The van der Waals surface area contributed by atoms with Gasteiger partial charge in [0, 0.05) is 13.1 Å². The summed E-state index contributed by atoms with van der Waals surface area (Å²) in [6, 6.07) is 13.9. The van der Waals surface area contributed by atoms with E-state index in [1.165, 1.54) is 16.8 Å². The Morgan fingerprint density at radius 1 is 1.15 bits per heavy atom. The predicted octanol–water partition coefficient (Wildman–Crippen LogP) is 3.12. The number of amidine groups is 3. The van der Waals surface area contributed by atoms with E-state index in [-0.39, 0.29) is 11.4 Å². The number of nitrogens with zero attached hydrogens (tertiary/aromatic N) is 4. The fraction of sp³-hybridized carbons (Fsp3) is 0.208. The quantitative estimate of drug-likeness (QED) is 0.413. The molecule has 10 heteroatoms. The second kappa shape index (κ2) is 9.24. The van der Waals surface area contributed by atoms with Crippen molar-refractivity contribution in [2.45, 2.75) is 6.92 Å². The number of esters is 1. The largest absolute Gasteiger partial charge is 0.423 e. The zero-order valence-corrected chi connectivity index (χ0v) is 19.2. The molecular weight excluding hydrogens is 454 g/mol. The maximum absolute atomic E-state index is 12.6. The van der Waals surface area contributed by atoms with Crippen molar-refractivity contribution in [2.75, 3.05) is 26.3 Å². The number of thioether (sulfide) groups is 1. The lowest BCUT2D eigenvalue weighted by Gasteiger charge is -2.26. The smallest absolute Gasteiger partial charge is 0.343 e. The van der Waals surface area contributed by atoms with Crippen LogP contribution in [0, 0.1) is 12.3 Å². The first kappa shape index (κ1) is 22.1. The number of ether oxygens (including phenoxy) is 2. The monoisotopic (exact) mass is 475 g/mol. The highest BCUT2D eigenvalue weighted by Gasteiger charge is 2.37. The molecule has 0 bridgehead atoms. The number of nitrogens with one attached hydrogen (secondary N) is 1. The number of amides is 1. The molecule has 5 rings (SSSR count). The molecule has 0 aromatic heterocycles. The van der Waals surface area contributed by atoms with Crippen LogP contribution in [0.25, 0.3) is 6.08 Å². The summed E-state index contributed by atoms with van der Waals surface area (Å²) < 4.78 is 10.8. The Labute approximate surface area is 200 Å². The van der Waals surface area contributed by atoms with Crippen LogP contribution in [0.15, 0.2) is 64.2 Å². The van der Waals surface area contributed by atoms with Gasteiger partial charge in [-0.3, -0.25) is 10.2 Å². The lowest BCUT2D eigenvalue weighted by atomic mass is 10.1. The van der Waals surface area contributed by atoms with Crippen LogP contribution < -0.4 is 4.74 Å². The molecule has 3 aliphatic heterocycles. The number of benzene rings is 2. The Morgan fingerprint density at radius 2 is 1.91 bits per heavy atom. The topological polar surface area (TPSA) is 108 Å². The van der Waals surface area contributed by atoms with E-state index in [1.54, 1.807) is 48.5 Å². The lowest BCUT2D eigenvalue weighted by molar-refractivity contribution is -0.114. The summed E-state index contributed by atoms with van der Waals surface area (Å²) in [5, 5.41) is 15.5. The number of aryl methyl sites for hydroxylation is 1. The third-order valence-corrected chi connectivity index (χ3v) is 6.35. The zero-order chi connectivity index (χ0) is 23.7. The molecule has 0 saturated carbocycles. The van der Waals surface area contributed by atoms with E-state index >= 15 is 0 Å². The van der Waals surface area contributed by atoms with Crippen molar-refractivity contribution in [3.63, 3.8) is 0 Å². The second-order valence-electron chi connectivity index (χ2n) is 7.83. The summed E-state index contributed by atoms with van der Waals surface area (Å²) in [6.07, 6.45) is 1.59. The number of fused-ring (bicyclic) bond motifs is 1. The van der Waals surface area contributed by atoms with Gasteiger partial charge in [0.1, 0.15) is 5.75 Å². The van der Waals surface area contributed by atoms with Gasteiger partial charge in [-0.15, -0.1) is 5.10 Å². The minimum absolute atomic E-state index is 0.0271. The van der Waals surface area contributed by atoms with Gasteiger partial charge in [-0.2, -0.15) is 10.0 Å². The molecule has 0 radical (unpaired) electrons. The molecule has 0 atom stereocenters. The van der Waals surface area contributed by atoms with Gasteiger partial charge in [0.15, 0.2) is 11.0 Å². The molecule has 172 valence electrons. The Balaban J connectivity index is 1.31. The van der Waals surface area contributed by atoms with Gasteiger partial charge < -0.3 is 14.4 Å². The van der Waals surface area contributed by atoms with Crippen LogP contribution in [-0.4, -0.2) is 64.3 Å². The van der Waals surface area contributed by atoms with Crippen molar-refractivity contribution in [1.82, 2.24) is 9.91 Å². The van der Waals surface area contributed by atoms with Crippen molar-refractivity contribution in [1.29, 1.82) is 5.41 Å². The van der Waals surface area contributed by atoms with Crippen LogP contribution in [0.5, 0.6) is 5.75 Å². The summed E-state index contributed by atoms with van der Waals surface area (Å²) in [4.78, 5) is 31.2. The van der Waals surface area contributed by atoms with Gasteiger partial charge in [0.25, 0.3) is 5.91 Å². The Bertz CT molecular complexity index is 1260. The second-order valence-corrected chi connectivity index (χ2v) is 8.76. The number of hydrogen-bond acceptors (Lipinski definition) is 8. The maximum Gasteiger partial charge on any atom is 0.343 e. The standard InChI is InChI=1S/C24H21N5O4S/c1-15-3-2-4-17(13-15)22(31)33-18-7-5-16(6-8-18)14-19-20(25)29-23(26-21(19)30)34-24(27-29)28-9-11-32-12-10-28/h2-8,13-14,25H,9-12H2,1H3/b19-14+,25-20?. The Hall–Kier alpha value is -3.76. The summed E-state index contributed by atoms with van der Waals surface area (Å²) in [6.45, 7) is 4.55. The molecule has 9 nitrogen and oxygen atoms in total. The van der Waals surface area contributed by atoms with Gasteiger partial charge in [0.2, 0.25) is 5.17 Å². The van der Waals surface area contributed by atoms with E-state index in [0.717, 1.165) is 5.56 Å². The zero-order valence-electron chi connectivity index (χ0n) is 18.4. The van der Waals surface area contributed by atoms with Crippen LogP contribution in [0.4, 0.5) is 0 Å². The predicted molar refractivity (Wildman–Crippen MR) is 130 cm³/mol. The van der Waals surface area contributed by atoms with Crippen LogP contribution in [0.2, 0.25) is 0 Å². The first-order chi connectivity index (χ1) is 16.5. The highest BCUT2D eigenvalue weighted by Crippen LogP contribution is 2.30. The summed E-state index contributed by atoms with van der Waals surface area (Å²) in [7, 11) is 0. The number of morpholine rings is 1. The summed E-state index contributed by atoms with van der Waals surface area (Å²) in [5.74, 6) is -0.575. The number of carbonyl (C=O) groups excluding carboxylic acids is 2. The normalized spacial score (nSPS) is 19.1. The Morgan fingerprint density at radius 3 is 2.65 bits per heavy atom. The SMILES string of the molecule is Cc1cccc(C(=O)Oc2ccc(/C=C3\C(=N)N4N=C(N5CCOCC5)SC4=NC3=O)cc2)c1. The van der Waals surface area contributed by atoms with Gasteiger partial charge in [-0.25, -0.2) is 4.79 Å². The Kier molecular flexibility index (Phi) is 5.99. The van der Waals surface area contributed by atoms with Crippen molar-refractivity contribution in [3.05, 3.63) is 70.8 Å². The van der Waals surface area contributed by atoms with Crippen LogP contribution in [0.3, 0.4) is 0 Å². The van der Waals surface area contributed by atoms with Gasteiger partial charge in [-0.1, -0.05) is 29.8 Å². The molecule has 1 N–H and O–H groups in total. The fourth-order valence-electron chi connectivity index (χ4n) is 3.60. The number of hydrazone groups is 1. The number of aliphatic imine (C=N–C) groups is 1. The lowest BCUT2D eigenvalue weighted by Crippen LogP contribution is -2.39. The number of carbonyl (C=O) groups is 2. The highest BCUT2D eigenvalue weighted by atomic mass is 32.2. The summed E-state index contributed by atoms with van der Waals surface area (Å²) in [5.41, 5.74) is 2.26. The minimum Gasteiger partial charge on any atom is -0.423 e. The summed E-state index contributed by atoms with van der Waals surface area (Å²) >= 11 is 1.28. The maximum atomic E-state index is 12.6. The average molecular weight is 476 g/mol. The van der Waals surface area contributed by atoms with Crippen molar-refractivity contribution in [2.24, 2.45) is 10.1 Å². The molecule has 34 heavy (non-hydrogen) atoms. The first-order valence-electron chi connectivity index (χ1n) is 10.7. The fourth-order valence-corrected chi connectivity index (χ4v) is 4.55. The highest BCUT2D eigenvalue weighted by molar-refractivity contribution is 8.26. The van der Waals surface area contributed by atoms with Crippen molar-refractivity contribution < 1.29 is 19.1 Å². The van der Waals surface area contributed by atoms with Crippen LogP contribution in [0.1, 0.15) is 21.5 Å². The molecule has 3 aliphatic rings.